The first kappa shape index (κ1) is 11.3. The van der Waals surface area contributed by atoms with Crippen molar-refractivity contribution in [2.75, 3.05) is 13.1 Å². The summed E-state index contributed by atoms with van der Waals surface area (Å²) in [7, 11) is 0. The Kier molecular flexibility index (Phi) is 2.58. The quantitative estimate of drug-likeness (QED) is 0.841. The minimum absolute atomic E-state index is 0.0735. The Bertz CT molecular complexity index is 486. The lowest BCUT2D eigenvalue weighted by molar-refractivity contribution is -0.128. The first-order valence-electron chi connectivity index (χ1n) is 6.25. The van der Waals surface area contributed by atoms with Crippen molar-refractivity contribution in [2.45, 2.75) is 19.4 Å². The van der Waals surface area contributed by atoms with Gasteiger partial charge in [0.05, 0.1) is 0 Å². The molecule has 1 aromatic rings. The molecule has 4 heteroatoms. The molecule has 2 fully saturated rings. The predicted molar refractivity (Wildman–Crippen MR) is 66.5 cm³/mol. The first-order valence-corrected chi connectivity index (χ1v) is 6.25. The van der Waals surface area contributed by atoms with Gasteiger partial charge in [-0.1, -0.05) is 30.3 Å². The Morgan fingerprint density at radius 2 is 1.94 bits per heavy atom. The van der Waals surface area contributed by atoms with E-state index in [1.807, 2.05) is 35.2 Å². The number of hydrogen-bond acceptors (Lipinski definition) is 2. The van der Waals surface area contributed by atoms with Crippen LogP contribution in [0.15, 0.2) is 30.3 Å². The number of nitrogens with zero attached hydrogens (tertiary/aromatic N) is 1. The number of carbonyl (C=O) groups is 2. The van der Waals surface area contributed by atoms with Crippen LogP contribution in [0.1, 0.15) is 18.4 Å². The normalized spacial score (nSPS) is 27.0. The van der Waals surface area contributed by atoms with E-state index in [1.54, 1.807) is 0 Å². The van der Waals surface area contributed by atoms with Crippen LogP contribution in [0.25, 0.3) is 0 Å². The number of likely N-dealkylation sites (tertiary alicyclic amines) is 1. The highest BCUT2D eigenvalue weighted by molar-refractivity contribution is 5.85. The molecule has 0 aliphatic carbocycles. The second-order valence-corrected chi connectivity index (χ2v) is 5.37. The third-order valence-electron chi connectivity index (χ3n) is 3.82. The predicted octanol–water partition coefficient (Wildman–Crippen LogP) is 0.925. The van der Waals surface area contributed by atoms with Gasteiger partial charge < -0.3 is 10.2 Å². The molecule has 2 aliphatic rings. The van der Waals surface area contributed by atoms with Crippen LogP contribution in [-0.4, -0.2) is 29.8 Å². The molecule has 0 aromatic heterocycles. The van der Waals surface area contributed by atoms with Crippen molar-refractivity contribution >= 4 is 11.8 Å². The number of nitrogens with one attached hydrogen (secondary N) is 1. The Morgan fingerprint density at radius 3 is 2.61 bits per heavy atom. The van der Waals surface area contributed by atoms with Crippen LogP contribution < -0.4 is 5.32 Å². The summed E-state index contributed by atoms with van der Waals surface area (Å²) >= 11 is 0. The second-order valence-electron chi connectivity index (χ2n) is 5.37. The van der Waals surface area contributed by atoms with Crippen LogP contribution in [0.2, 0.25) is 0 Å². The highest BCUT2D eigenvalue weighted by Crippen LogP contribution is 2.37. The summed E-state index contributed by atoms with van der Waals surface area (Å²) in [6.07, 6.45) is 0.989. The van der Waals surface area contributed by atoms with Crippen molar-refractivity contribution < 1.29 is 9.59 Å². The van der Waals surface area contributed by atoms with Crippen LogP contribution in [0.5, 0.6) is 0 Å². The van der Waals surface area contributed by atoms with Crippen LogP contribution in [0, 0.1) is 5.41 Å². The number of hydrogen-bond donors (Lipinski definition) is 1. The standard InChI is InChI=1S/C14H16N2O2/c17-12-6-14(9-15-12)7-13(18)16(10-14)8-11-4-2-1-3-5-11/h1-5H,6-10H2,(H,15,17). The molecule has 0 bridgehead atoms. The summed E-state index contributed by atoms with van der Waals surface area (Å²) in [5, 5.41) is 2.84. The Labute approximate surface area is 106 Å². The molecule has 3 rings (SSSR count). The summed E-state index contributed by atoms with van der Waals surface area (Å²) < 4.78 is 0. The van der Waals surface area contributed by atoms with E-state index in [2.05, 4.69) is 5.32 Å². The lowest BCUT2D eigenvalue weighted by atomic mass is 9.86. The SMILES string of the molecule is O=C1CC2(CN1)CC(=O)N(Cc1ccccc1)C2. The van der Waals surface area contributed by atoms with Crippen LogP contribution in [-0.2, 0) is 16.1 Å². The number of rotatable bonds is 2. The van der Waals surface area contributed by atoms with Gasteiger partial charge in [0.15, 0.2) is 0 Å². The second kappa shape index (κ2) is 4.12. The van der Waals surface area contributed by atoms with Gasteiger partial charge in [-0.05, 0) is 5.56 Å². The van der Waals surface area contributed by atoms with E-state index >= 15 is 0 Å². The van der Waals surface area contributed by atoms with Crippen LogP contribution in [0.4, 0.5) is 0 Å². The average Bonchev–Trinajstić information content (AvgIpc) is 2.85. The van der Waals surface area contributed by atoms with E-state index in [-0.39, 0.29) is 17.2 Å². The molecule has 0 saturated carbocycles. The summed E-state index contributed by atoms with van der Waals surface area (Å²) in [6, 6.07) is 9.97. The number of amides is 2. The molecule has 1 aromatic carbocycles. The fraction of sp³-hybridized carbons (Fsp3) is 0.429. The highest BCUT2D eigenvalue weighted by atomic mass is 16.2. The lowest BCUT2D eigenvalue weighted by Gasteiger charge is -2.21. The van der Waals surface area contributed by atoms with E-state index in [9.17, 15) is 9.59 Å². The van der Waals surface area contributed by atoms with Gasteiger partial charge in [0, 0.05) is 37.9 Å². The topological polar surface area (TPSA) is 49.4 Å². The van der Waals surface area contributed by atoms with Crippen LogP contribution >= 0.6 is 0 Å². The smallest absolute Gasteiger partial charge is 0.223 e. The van der Waals surface area contributed by atoms with Crippen molar-refractivity contribution in [1.29, 1.82) is 0 Å². The van der Waals surface area contributed by atoms with Crippen molar-refractivity contribution in [3.8, 4) is 0 Å². The molecular formula is C14H16N2O2. The molecule has 2 amide bonds. The van der Waals surface area contributed by atoms with Gasteiger partial charge in [-0.25, -0.2) is 0 Å². The summed E-state index contributed by atoms with van der Waals surface area (Å²) in [4.78, 5) is 25.2. The average molecular weight is 244 g/mol. The molecular weight excluding hydrogens is 228 g/mol. The van der Waals surface area contributed by atoms with E-state index in [0.717, 1.165) is 5.56 Å². The van der Waals surface area contributed by atoms with Gasteiger partial charge in [-0.2, -0.15) is 0 Å². The van der Waals surface area contributed by atoms with Crippen LogP contribution in [0.3, 0.4) is 0 Å². The molecule has 94 valence electrons. The summed E-state index contributed by atoms with van der Waals surface area (Å²) in [5.41, 5.74) is 0.989. The molecule has 0 radical (unpaired) electrons. The molecule has 2 heterocycles. The van der Waals surface area contributed by atoms with Crippen molar-refractivity contribution in [3.05, 3.63) is 35.9 Å². The van der Waals surface area contributed by atoms with Gasteiger partial charge >= 0.3 is 0 Å². The first-order chi connectivity index (χ1) is 8.67. The minimum atomic E-state index is -0.150. The number of benzene rings is 1. The largest absolute Gasteiger partial charge is 0.355 e. The molecule has 1 atom stereocenters. The third kappa shape index (κ3) is 1.98. The van der Waals surface area contributed by atoms with E-state index in [0.29, 0.717) is 32.5 Å². The van der Waals surface area contributed by atoms with Gasteiger partial charge in [0.1, 0.15) is 0 Å². The Morgan fingerprint density at radius 1 is 1.17 bits per heavy atom. The van der Waals surface area contributed by atoms with Gasteiger partial charge in [0.25, 0.3) is 0 Å². The van der Waals surface area contributed by atoms with Gasteiger partial charge in [-0.15, -0.1) is 0 Å². The highest BCUT2D eigenvalue weighted by Gasteiger charge is 2.47. The molecule has 1 unspecified atom stereocenters. The van der Waals surface area contributed by atoms with Crippen molar-refractivity contribution in [3.63, 3.8) is 0 Å². The molecule has 18 heavy (non-hydrogen) atoms. The zero-order chi connectivity index (χ0) is 12.6. The third-order valence-corrected chi connectivity index (χ3v) is 3.82. The molecule has 2 aliphatic heterocycles. The molecule has 4 nitrogen and oxygen atoms in total. The van der Waals surface area contributed by atoms with Gasteiger partial charge in [-0.3, -0.25) is 9.59 Å². The zero-order valence-corrected chi connectivity index (χ0v) is 10.2. The summed E-state index contributed by atoms with van der Waals surface area (Å²) in [6.45, 7) is 1.98. The van der Waals surface area contributed by atoms with Gasteiger partial charge in [0.2, 0.25) is 11.8 Å². The van der Waals surface area contributed by atoms with E-state index < -0.39 is 0 Å². The van der Waals surface area contributed by atoms with E-state index in [1.165, 1.54) is 0 Å². The lowest BCUT2D eigenvalue weighted by Crippen LogP contribution is -2.29. The fourth-order valence-electron chi connectivity index (χ4n) is 2.92. The zero-order valence-electron chi connectivity index (χ0n) is 10.2. The minimum Gasteiger partial charge on any atom is -0.355 e. The number of carbonyl (C=O) groups excluding carboxylic acids is 2. The Hall–Kier alpha value is -1.84. The van der Waals surface area contributed by atoms with Crippen molar-refractivity contribution in [1.82, 2.24) is 10.2 Å². The fourth-order valence-corrected chi connectivity index (χ4v) is 2.92. The van der Waals surface area contributed by atoms with E-state index in [4.69, 9.17) is 0 Å². The summed E-state index contributed by atoms with van der Waals surface area (Å²) in [5.74, 6) is 0.236. The molecule has 2 saturated heterocycles. The molecule has 1 spiro atoms. The monoisotopic (exact) mass is 244 g/mol. The molecule has 1 N–H and O–H groups in total. The maximum Gasteiger partial charge on any atom is 0.223 e. The van der Waals surface area contributed by atoms with Crippen molar-refractivity contribution in [2.24, 2.45) is 5.41 Å². The maximum absolute atomic E-state index is 12.0. The Balaban J connectivity index is 1.72. The maximum atomic E-state index is 12.0.